The number of aryl methyl sites for hydroxylation is 1. The van der Waals surface area contributed by atoms with Gasteiger partial charge in [0.05, 0.1) is 11.7 Å². The molecule has 102 valence electrons. The highest BCUT2D eigenvalue weighted by molar-refractivity contribution is 5.29. The van der Waals surface area contributed by atoms with E-state index in [2.05, 4.69) is 0 Å². The molecule has 0 saturated heterocycles. The van der Waals surface area contributed by atoms with Gasteiger partial charge in [0, 0.05) is 0 Å². The predicted molar refractivity (Wildman–Crippen MR) is 65.2 cm³/mol. The number of halogens is 3. The Morgan fingerprint density at radius 3 is 2.17 bits per heavy atom. The average Bonchev–Trinajstić information content (AvgIpc) is 2.23. The molecule has 18 heavy (non-hydrogen) atoms. The molecule has 0 radical (unpaired) electrons. The fourth-order valence-corrected chi connectivity index (χ4v) is 1.74. The fourth-order valence-electron chi connectivity index (χ4n) is 1.74. The first-order valence-corrected chi connectivity index (χ1v) is 5.95. The molecule has 1 aromatic carbocycles. The molecule has 1 rings (SSSR count). The Hall–Kier alpha value is -1.03. The maximum Gasteiger partial charge on any atom is 0.416 e. The van der Waals surface area contributed by atoms with E-state index in [4.69, 9.17) is 0 Å². The van der Waals surface area contributed by atoms with Crippen LogP contribution in [0.4, 0.5) is 13.2 Å². The van der Waals surface area contributed by atoms with Crippen LogP contribution in [-0.4, -0.2) is 11.2 Å². The van der Waals surface area contributed by atoms with Crippen LogP contribution in [-0.2, 0) is 12.6 Å². The van der Waals surface area contributed by atoms with Gasteiger partial charge in [0.15, 0.2) is 0 Å². The zero-order valence-corrected chi connectivity index (χ0v) is 10.9. The zero-order chi connectivity index (χ0) is 14.0. The Morgan fingerprint density at radius 1 is 1.11 bits per heavy atom. The van der Waals surface area contributed by atoms with Gasteiger partial charge in [-0.2, -0.15) is 13.2 Å². The van der Waals surface area contributed by atoms with Crippen LogP contribution in [0, 0.1) is 5.41 Å². The summed E-state index contributed by atoms with van der Waals surface area (Å²) in [6.45, 7) is 5.61. The number of aliphatic hydroxyl groups excluding tert-OH is 1. The summed E-state index contributed by atoms with van der Waals surface area (Å²) in [7, 11) is 0. The van der Waals surface area contributed by atoms with Gasteiger partial charge in [-0.3, -0.25) is 0 Å². The molecule has 0 amide bonds. The Labute approximate surface area is 106 Å². The molecule has 0 aromatic heterocycles. The second-order valence-corrected chi connectivity index (χ2v) is 5.58. The highest BCUT2D eigenvalue weighted by atomic mass is 19.4. The number of aliphatic hydroxyl groups is 1. The molecule has 0 aliphatic rings. The number of rotatable bonds is 3. The first kappa shape index (κ1) is 15.0. The summed E-state index contributed by atoms with van der Waals surface area (Å²) in [4.78, 5) is 0. The minimum Gasteiger partial charge on any atom is -0.393 e. The van der Waals surface area contributed by atoms with Crippen molar-refractivity contribution in [3.8, 4) is 0 Å². The quantitative estimate of drug-likeness (QED) is 0.869. The Balaban J connectivity index is 2.80. The van der Waals surface area contributed by atoms with E-state index in [1.807, 2.05) is 20.8 Å². The number of benzene rings is 1. The maximum absolute atomic E-state index is 12.7. The second kappa shape index (κ2) is 5.31. The van der Waals surface area contributed by atoms with E-state index in [1.54, 1.807) is 6.07 Å². The maximum atomic E-state index is 12.7. The molecule has 0 aliphatic heterocycles. The average molecular weight is 260 g/mol. The van der Waals surface area contributed by atoms with Crippen molar-refractivity contribution in [2.24, 2.45) is 5.41 Å². The predicted octanol–water partition coefficient (Wildman–Crippen LogP) is 4.05. The van der Waals surface area contributed by atoms with Crippen LogP contribution in [0.15, 0.2) is 24.3 Å². The molecule has 1 N–H and O–H groups in total. The second-order valence-electron chi connectivity index (χ2n) is 5.58. The van der Waals surface area contributed by atoms with Gasteiger partial charge in [-0.25, -0.2) is 0 Å². The molecule has 0 aliphatic carbocycles. The normalized spacial score (nSPS) is 14.6. The summed E-state index contributed by atoms with van der Waals surface area (Å²) in [5.74, 6) is 0. The largest absolute Gasteiger partial charge is 0.416 e. The van der Waals surface area contributed by atoms with Crippen LogP contribution >= 0.6 is 0 Å². The Morgan fingerprint density at radius 2 is 1.67 bits per heavy atom. The third kappa shape index (κ3) is 4.02. The summed E-state index contributed by atoms with van der Waals surface area (Å²) in [6, 6.07) is 5.53. The van der Waals surface area contributed by atoms with E-state index in [0.29, 0.717) is 6.42 Å². The summed E-state index contributed by atoms with van der Waals surface area (Å²) < 4.78 is 38.2. The van der Waals surface area contributed by atoms with Crippen molar-refractivity contribution < 1.29 is 18.3 Å². The van der Waals surface area contributed by atoms with Gasteiger partial charge in [-0.1, -0.05) is 39.0 Å². The molecule has 1 unspecified atom stereocenters. The lowest BCUT2D eigenvalue weighted by Gasteiger charge is -2.26. The number of hydrogen-bond donors (Lipinski definition) is 1. The molecule has 0 spiro atoms. The van der Waals surface area contributed by atoms with Crippen molar-refractivity contribution in [1.82, 2.24) is 0 Å². The fraction of sp³-hybridized carbons (Fsp3) is 0.571. The molecule has 1 nitrogen and oxygen atoms in total. The Bertz CT molecular complexity index is 391. The van der Waals surface area contributed by atoms with Gasteiger partial charge in [0.2, 0.25) is 0 Å². The smallest absolute Gasteiger partial charge is 0.393 e. The summed E-state index contributed by atoms with van der Waals surface area (Å²) in [5.41, 5.74) is -0.674. The molecule has 0 fully saturated rings. The Kier molecular flexibility index (Phi) is 4.43. The minimum absolute atomic E-state index is 0.230. The van der Waals surface area contributed by atoms with Gasteiger partial charge in [0.25, 0.3) is 0 Å². The molecular weight excluding hydrogens is 241 g/mol. The molecule has 1 atom stereocenters. The van der Waals surface area contributed by atoms with Crippen molar-refractivity contribution >= 4 is 0 Å². The van der Waals surface area contributed by atoms with Crippen LogP contribution in [0.25, 0.3) is 0 Å². The highest BCUT2D eigenvalue weighted by Crippen LogP contribution is 2.33. The van der Waals surface area contributed by atoms with Gasteiger partial charge >= 0.3 is 6.18 Å². The van der Waals surface area contributed by atoms with Crippen molar-refractivity contribution in [3.05, 3.63) is 35.4 Å². The molecule has 1 aromatic rings. The van der Waals surface area contributed by atoms with E-state index in [0.717, 1.165) is 6.07 Å². The van der Waals surface area contributed by atoms with Gasteiger partial charge in [-0.15, -0.1) is 0 Å². The lowest BCUT2D eigenvalue weighted by molar-refractivity contribution is -0.138. The van der Waals surface area contributed by atoms with Crippen LogP contribution < -0.4 is 0 Å². The summed E-state index contributed by atoms with van der Waals surface area (Å²) in [5, 5.41) is 9.86. The lowest BCUT2D eigenvalue weighted by atomic mass is 9.85. The lowest BCUT2D eigenvalue weighted by Crippen LogP contribution is -2.26. The molecule has 0 bridgehead atoms. The van der Waals surface area contributed by atoms with E-state index in [1.165, 1.54) is 12.1 Å². The minimum atomic E-state index is -4.33. The molecule has 4 heteroatoms. The first-order chi connectivity index (χ1) is 8.12. The molecule has 0 saturated carbocycles. The van der Waals surface area contributed by atoms with Crippen molar-refractivity contribution in [1.29, 1.82) is 0 Å². The van der Waals surface area contributed by atoms with Crippen LogP contribution in [0.5, 0.6) is 0 Å². The van der Waals surface area contributed by atoms with E-state index < -0.39 is 17.8 Å². The topological polar surface area (TPSA) is 20.2 Å². The standard InChI is InChI=1S/C14H19F3O/c1-13(2,3)12(18)9-8-10-6-4-5-7-11(10)14(15,16)17/h4-7,12,18H,8-9H2,1-3H3. The third-order valence-electron chi connectivity index (χ3n) is 3.01. The first-order valence-electron chi connectivity index (χ1n) is 5.95. The van der Waals surface area contributed by atoms with Crippen LogP contribution in [0.2, 0.25) is 0 Å². The van der Waals surface area contributed by atoms with Crippen molar-refractivity contribution in [2.75, 3.05) is 0 Å². The summed E-state index contributed by atoms with van der Waals surface area (Å²) in [6.07, 6.45) is -4.38. The third-order valence-corrected chi connectivity index (χ3v) is 3.01. The van der Waals surface area contributed by atoms with Gasteiger partial charge in [0.1, 0.15) is 0 Å². The summed E-state index contributed by atoms with van der Waals surface area (Å²) >= 11 is 0. The number of hydrogen-bond acceptors (Lipinski definition) is 1. The monoisotopic (exact) mass is 260 g/mol. The van der Waals surface area contributed by atoms with Gasteiger partial charge < -0.3 is 5.11 Å². The van der Waals surface area contributed by atoms with E-state index in [-0.39, 0.29) is 17.4 Å². The van der Waals surface area contributed by atoms with Crippen LogP contribution in [0.3, 0.4) is 0 Å². The SMILES string of the molecule is CC(C)(C)C(O)CCc1ccccc1C(F)(F)F. The van der Waals surface area contributed by atoms with Gasteiger partial charge in [-0.05, 0) is 29.9 Å². The van der Waals surface area contributed by atoms with E-state index >= 15 is 0 Å². The van der Waals surface area contributed by atoms with Crippen molar-refractivity contribution in [3.63, 3.8) is 0 Å². The zero-order valence-electron chi connectivity index (χ0n) is 10.9. The van der Waals surface area contributed by atoms with Crippen LogP contribution in [0.1, 0.15) is 38.3 Å². The molecular formula is C14H19F3O. The highest BCUT2D eigenvalue weighted by Gasteiger charge is 2.33. The van der Waals surface area contributed by atoms with E-state index in [9.17, 15) is 18.3 Å². The molecule has 0 heterocycles. The van der Waals surface area contributed by atoms with Crippen molar-refractivity contribution in [2.45, 2.75) is 45.9 Å². The number of alkyl halides is 3.